The van der Waals surface area contributed by atoms with Crippen LogP contribution < -0.4 is 5.32 Å². The standard InChI is InChI=1S/C12H16FNO/c1-7(2)11-10(6-15)14-9-5-3-4-8(13)12(9)11/h3-5,7,10-11,14-15H,6H2,1-2H3. The van der Waals surface area contributed by atoms with E-state index in [1.807, 2.05) is 6.07 Å². The second-order valence-electron chi connectivity index (χ2n) is 4.40. The normalized spacial score (nSPS) is 24.1. The second-order valence-corrected chi connectivity index (χ2v) is 4.40. The van der Waals surface area contributed by atoms with Gasteiger partial charge in [-0.1, -0.05) is 19.9 Å². The fraction of sp³-hybridized carbons (Fsp3) is 0.500. The third-order valence-electron chi connectivity index (χ3n) is 3.08. The number of rotatable bonds is 2. The van der Waals surface area contributed by atoms with Gasteiger partial charge in [-0.3, -0.25) is 0 Å². The van der Waals surface area contributed by atoms with Crippen molar-refractivity contribution in [2.24, 2.45) is 5.92 Å². The average molecular weight is 209 g/mol. The number of benzene rings is 1. The molecule has 1 aromatic rings. The summed E-state index contributed by atoms with van der Waals surface area (Å²) in [7, 11) is 0. The van der Waals surface area contributed by atoms with Gasteiger partial charge in [-0.05, 0) is 18.1 Å². The molecule has 1 aromatic carbocycles. The van der Waals surface area contributed by atoms with E-state index in [4.69, 9.17) is 0 Å². The van der Waals surface area contributed by atoms with E-state index in [9.17, 15) is 9.50 Å². The van der Waals surface area contributed by atoms with Crippen molar-refractivity contribution in [2.45, 2.75) is 25.8 Å². The highest BCUT2D eigenvalue weighted by Crippen LogP contribution is 2.41. The van der Waals surface area contributed by atoms with Crippen molar-refractivity contribution < 1.29 is 9.50 Å². The van der Waals surface area contributed by atoms with Crippen LogP contribution in [0, 0.1) is 11.7 Å². The zero-order chi connectivity index (χ0) is 11.0. The molecule has 1 aliphatic heterocycles. The van der Waals surface area contributed by atoms with Crippen LogP contribution in [0.3, 0.4) is 0 Å². The zero-order valence-corrected chi connectivity index (χ0v) is 9.00. The van der Waals surface area contributed by atoms with Gasteiger partial charge < -0.3 is 10.4 Å². The van der Waals surface area contributed by atoms with Crippen LogP contribution in [0.25, 0.3) is 0 Å². The summed E-state index contributed by atoms with van der Waals surface area (Å²) in [6.07, 6.45) is 0. The summed E-state index contributed by atoms with van der Waals surface area (Å²) in [5.74, 6) is 0.202. The lowest BCUT2D eigenvalue weighted by Gasteiger charge is -2.22. The summed E-state index contributed by atoms with van der Waals surface area (Å²) >= 11 is 0. The van der Waals surface area contributed by atoms with E-state index in [-0.39, 0.29) is 24.4 Å². The minimum absolute atomic E-state index is 0.0387. The molecule has 82 valence electrons. The molecule has 15 heavy (non-hydrogen) atoms. The first-order valence-electron chi connectivity index (χ1n) is 5.31. The molecule has 0 amide bonds. The Morgan fingerprint density at radius 3 is 2.80 bits per heavy atom. The molecule has 1 aliphatic rings. The predicted molar refractivity (Wildman–Crippen MR) is 58.5 cm³/mol. The number of nitrogens with one attached hydrogen (secondary N) is 1. The Kier molecular flexibility index (Phi) is 2.65. The van der Waals surface area contributed by atoms with Crippen molar-refractivity contribution in [3.05, 3.63) is 29.6 Å². The Balaban J connectivity index is 2.46. The molecule has 0 fully saturated rings. The smallest absolute Gasteiger partial charge is 0.128 e. The maximum Gasteiger partial charge on any atom is 0.128 e. The maximum atomic E-state index is 13.7. The van der Waals surface area contributed by atoms with Crippen molar-refractivity contribution in [1.82, 2.24) is 0 Å². The number of halogens is 1. The van der Waals surface area contributed by atoms with Crippen LogP contribution in [0.1, 0.15) is 25.3 Å². The van der Waals surface area contributed by atoms with Crippen molar-refractivity contribution >= 4 is 5.69 Å². The van der Waals surface area contributed by atoms with Gasteiger partial charge in [-0.25, -0.2) is 4.39 Å². The lowest BCUT2D eigenvalue weighted by atomic mass is 9.85. The van der Waals surface area contributed by atoms with E-state index >= 15 is 0 Å². The molecule has 2 rings (SSSR count). The molecule has 2 atom stereocenters. The van der Waals surface area contributed by atoms with E-state index in [2.05, 4.69) is 19.2 Å². The number of anilines is 1. The molecule has 2 nitrogen and oxygen atoms in total. The monoisotopic (exact) mass is 209 g/mol. The SMILES string of the molecule is CC(C)C1c2c(F)cccc2NC1CO. The van der Waals surface area contributed by atoms with Gasteiger partial charge in [-0.15, -0.1) is 0 Å². The molecule has 0 bridgehead atoms. The third-order valence-corrected chi connectivity index (χ3v) is 3.08. The Labute approximate surface area is 89.1 Å². The molecule has 0 saturated heterocycles. The third kappa shape index (κ3) is 1.61. The van der Waals surface area contributed by atoms with Crippen LogP contribution in [-0.2, 0) is 0 Å². The van der Waals surface area contributed by atoms with E-state index < -0.39 is 0 Å². The summed E-state index contributed by atoms with van der Waals surface area (Å²) in [6, 6.07) is 4.98. The zero-order valence-electron chi connectivity index (χ0n) is 9.00. The van der Waals surface area contributed by atoms with E-state index in [1.165, 1.54) is 6.07 Å². The highest BCUT2D eigenvalue weighted by atomic mass is 19.1. The van der Waals surface area contributed by atoms with Crippen LogP contribution in [0.15, 0.2) is 18.2 Å². The average Bonchev–Trinajstić information content (AvgIpc) is 2.57. The summed E-state index contributed by atoms with van der Waals surface area (Å²) in [4.78, 5) is 0. The summed E-state index contributed by atoms with van der Waals surface area (Å²) in [6.45, 7) is 4.14. The first kappa shape index (κ1) is 10.4. The fourth-order valence-electron chi connectivity index (χ4n) is 2.45. The topological polar surface area (TPSA) is 32.3 Å². The van der Waals surface area contributed by atoms with Crippen LogP contribution in [0.5, 0.6) is 0 Å². The van der Waals surface area contributed by atoms with E-state index in [1.54, 1.807) is 6.07 Å². The van der Waals surface area contributed by atoms with E-state index in [0.29, 0.717) is 5.92 Å². The number of aliphatic hydroxyl groups is 1. The molecule has 0 saturated carbocycles. The van der Waals surface area contributed by atoms with Gasteiger partial charge in [0.25, 0.3) is 0 Å². The molecular formula is C12H16FNO. The summed E-state index contributed by atoms with van der Waals surface area (Å²) < 4.78 is 13.7. The van der Waals surface area contributed by atoms with Crippen molar-refractivity contribution in [3.63, 3.8) is 0 Å². The Morgan fingerprint density at radius 2 is 2.20 bits per heavy atom. The number of fused-ring (bicyclic) bond motifs is 1. The molecule has 3 heteroatoms. The molecule has 2 unspecified atom stereocenters. The summed E-state index contributed by atoms with van der Waals surface area (Å²) in [5.41, 5.74) is 1.55. The maximum absolute atomic E-state index is 13.7. The van der Waals surface area contributed by atoms with Crippen molar-refractivity contribution in [1.29, 1.82) is 0 Å². The Bertz CT molecular complexity index is 365. The van der Waals surface area contributed by atoms with Crippen LogP contribution in [0.4, 0.5) is 10.1 Å². The molecule has 0 spiro atoms. The number of hydrogen-bond acceptors (Lipinski definition) is 2. The number of aliphatic hydroxyl groups excluding tert-OH is 1. The molecule has 1 heterocycles. The first-order valence-corrected chi connectivity index (χ1v) is 5.31. The van der Waals surface area contributed by atoms with Crippen molar-refractivity contribution in [3.8, 4) is 0 Å². The predicted octanol–water partition coefficient (Wildman–Crippen LogP) is 2.35. The van der Waals surface area contributed by atoms with Crippen LogP contribution in [0.2, 0.25) is 0 Å². The molecule has 0 aromatic heterocycles. The number of hydrogen-bond donors (Lipinski definition) is 2. The van der Waals surface area contributed by atoms with Gasteiger partial charge in [0.05, 0.1) is 12.6 Å². The largest absolute Gasteiger partial charge is 0.394 e. The van der Waals surface area contributed by atoms with Gasteiger partial charge in [0.1, 0.15) is 5.82 Å². The lowest BCUT2D eigenvalue weighted by molar-refractivity contribution is 0.247. The van der Waals surface area contributed by atoms with Crippen LogP contribution >= 0.6 is 0 Å². The van der Waals surface area contributed by atoms with Crippen LogP contribution in [-0.4, -0.2) is 17.8 Å². The highest BCUT2D eigenvalue weighted by molar-refractivity contribution is 5.60. The van der Waals surface area contributed by atoms with Gasteiger partial charge in [0.15, 0.2) is 0 Å². The minimum Gasteiger partial charge on any atom is -0.394 e. The van der Waals surface area contributed by atoms with Gasteiger partial charge in [0, 0.05) is 17.2 Å². The summed E-state index contributed by atoms with van der Waals surface area (Å²) in [5, 5.41) is 12.4. The van der Waals surface area contributed by atoms with Gasteiger partial charge >= 0.3 is 0 Å². The quantitative estimate of drug-likeness (QED) is 0.783. The van der Waals surface area contributed by atoms with E-state index in [0.717, 1.165) is 11.3 Å². The first-order chi connectivity index (χ1) is 7.15. The molecule has 2 N–H and O–H groups in total. The molecular weight excluding hydrogens is 193 g/mol. The molecule has 0 aliphatic carbocycles. The fourth-order valence-corrected chi connectivity index (χ4v) is 2.45. The Morgan fingerprint density at radius 1 is 1.47 bits per heavy atom. The van der Waals surface area contributed by atoms with Gasteiger partial charge in [-0.2, -0.15) is 0 Å². The van der Waals surface area contributed by atoms with Gasteiger partial charge in [0.2, 0.25) is 0 Å². The second kappa shape index (κ2) is 3.81. The molecule has 0 radical (unpaired) electrons. The minimum atomic E-state index is -0.172. The lowest BCUT2D eigenvalue weighted by Crippen LogP contribution is -2.28. The van der Waals surface area contributed by atoms with Crippen molar-refractivity contribution in [2.75, 3.05) is 11.9 Å². The Hall–Kier alpha value is -1.09. The highest BCUT2D eigenvalue weighted by Gasteiger charge is 2.35.